The number of carbonyl (C=O) groups excluding carboxylic acids is 2. The zero-order valence-corrected chi connectivity index (χ0v) is 24.5. The van der Waals surface area contributed by atoms with E-state index in [0.29, 0.717) is 23.8 Å². The first kappa shape index (κ1) is 31.4. The first-order valence-electron chi connectivity index (χ1n) is 13.5. The molecule has 1 spiro atoms. The number of amides is 2. The molecule has 0 bridgehead atoms. The molecule has 5 rings (SSSR count). The Balaban J connectivity index is 0.00000220. The maximum absolute atomic E-state index is 13.4. The third-order valence-electron chi connectivity index (χ3n) is 8.10. The van der Waals surface area contributed by atoms with Crippen molar-refractivity contribution in [2.24, 2.45) is 5.41 Å². The first-order valence-corrected chi connectivity index (χ1v) is 13.5. The monoisotopic (exact) mass is 584 g/mol. The van der Waals surface area contributed by atoms with E-state index in [-0.39, 0.29) is 42.2 Å². The molecule has 2 aliphatic heterocycles. The van der Waals surface area contributed by atoms with Crippen molar-refractivity contribution in [1.29, 1.82) is 0 Å². The van der Waals surface area contributed by atoms with Gasteiger partial charge in [-0.05, 0) is 68.1 Å². The molecule has 3 aromatic rings. The second-order valence-electron chi connectivity index (χ2n) is 10.4. The van der Waals surface area contributed by atoms with Crippen LogP contribution in [-0.2, 0) is 11.3 Å². The molecule has 3 heterocycles. The number of para-hydroxylation sites is 1. The molecule has 1 aromatic heterocycles. The summed E-state index contributed by atoms with van der Waals surface area (Å²) in [5, 5.41) is 3.24. The van der Waals surface area contributed by atoms with Gasteiger partial charge in [0.15, 0.2) is 0 Å². The van der Waals surface area contributed by atoms with Crippen molar-refractivity contribution in [2.45, 2.75) is 38.3 Å². The van der Waals surface area contributed by atoms with Crippen LogP contribution in [0.4, 0.5) is 0 Å². The number of hydrogen-bond donors (Lipinski definition) is 1. The fourth-order valence-corrected chi connectivity index (χ4v) is 5.81. The number of nitrogens with zero attached hydrogens (tertiary/aromatic N) is 3. The summed E-state index contributed by atoms with van der Waals surface area (Å²) in [7, 11) is 1.58. The molecule has 2 fully saturated rings. The topological polar surface area (TPSA) is 74.8 Å². The number of pyridine rings is 1. The van der Waals surface area contributed by atoms with Gasteiger partial charge < -0.3 is 19.9 Å². The van der Waals surface area contributed by atoms with E-state index in [1.54, 1.807) is 25.4 Å². The number of ether oxygens (including phenoxy) is 1. The fraction of sp³-hybridized carbons (Fsp3) is 0.387. The van der Waals surface area contributed by atoms with Gasteiger partial charge in [0.2, 0.25) is 5.91 Å². The van der Waals surface area contributed by atoms with E-state index in [1.807, 2.05) is 53.6 Å². The normalized spacial score (nSPS) is 17.0. The summed E-state index contributed by atoms with van der Waals surface area (Å²) in [5.74, 6) is 0.725. The van der Waals surface area contributed by atoms with Crippen LogP contribution >= 0.6 is 24.8 Å². The van der Waals surface area contributed by atoms with Crippen molar-refractivity contribution in [3.63, 3.8) is 0 Å². The average Bonchev–Trinajstić information content (AvgIpc) is 3.26. The van der Waals surface area contributed by atoms with Gasteiger partial charge in [0, 0.05) is 32.0 Å². The number of rotatable bonds is 9. The number of piperidine rings is 1. The molecule has 7 nitrogen and oxygen atoms in total. The van der Waals surface area contributed by atoms with E-state index in [1.165, 1.54) is 0 Å². The highest BCUT2D eigenvalue weighted by Crippen LogP contribution is 2.42. The van der Waals surface area contributed by atoms with Gasteiger partial charge in [0.1, 0.15) is 5.75 Å². The van der Waals surface area contributed by atoms with Gasteiger partial charge in [0.05, 0.1) is 24.1 Å². The fourth-order valence-electron chi connectivity index (χ4n) is 5.81. The molecular formula is C31H38Cl2N4O3. The molecule has 1 atom stereocenters. The van der Waals surface area contributed by atoms with Crippen molar-refractivity contribution in [1.82, 2.24) is 20.1 Å². The number of aromatic nitrogens is 1. The second kappa shape index (κ2) is 14.5. The highest BCUT2D eigenvalue weighted by atomic mass is 35.5. The predicted molar refractivity (Wildman–Crippen MR) is 161 cm³/mol. The van der Waals surface area contributed by atoms with Crippen molar-refractivity contribution in [2.75, 3.05) is 33.3 Å². The van der Waals surface area contributed by atoms with Crippen LogP contribution in [0, 0.1) is 5.41 Å². The Morgan fingerprint density at radius 2 is 1.68 bits per heavy atom. The second-order valence-corrected chi connectivity index (χ2v) is 10.4. The van der Waals surface area contributed by atoms with Crippen LogP contribution in [0.1, 0.15) is 53.2 Å². The van der Waals surface area contributed by atoms with E-state index >= 15 is 0 Å². The zero-order valence-electron chi connectivity index (χ0n) is 22.8. The third-order valence-corrected chi connectivity index (χ3v) is 8.10. The Kier molecular flexibility index (Phi) is 11.4. The highest BCUT2D eigenvalue weighted by Gasteiger charge is 2.47. The van der Waals surface area contributed by atoms with Crippen LogP contribution in [0.25, 0.3) is 0 Å². The molecule has 0 aliphatic carbocycles. The van der Waals surface area contributed by atoms with E-state index in [0.717, 1.165) is 63.0 Å². The Morgan fingerprint density at radius 1 is 0.975 bits per heavy atom. The molecule has 2 aromatic carbocycles. The van der Waals surface area contributed by atoms with Gasteiger partial charge in [-0.25, -0.2) is 0 Å². The lowest BCUT2D eigenvalue weighted by Gasteiger charge is -2.38. The van der Waals surface area contributed by atoms with Gasteiger partial charge in [0.25, 0.3) is 5.91 Å². The Morgan fingerprint density at radius 3 is 2.38 bits per heavy atom. The lowest BCUT2D eigenvalue weighted by atomic mass is 9.77. The molecule has 40 heavy (non-hydrogen) atoms. The summed E-state index contributed by atoms with van der Waals surface area (Å²) in [6.45, 7) is 4.11. The summed E-state index contributed by atoms with van der Waals surface area (Å²) in [4.78, 5) is 35.2. The summed E-state index contributed by atoms with van der Waals surface area (Å²) in [6, 6.07) is 21.3. The van der Waals surface area contributed by atoms with E-state index < -0.39 is 0 Å². The van der Waals surface area contributed by atoms with Crippen LogP contribution in [0.15, 0.2) is 79.1 Å². The number of methoxy groups -OCH3 is 1. The number of hydrogen-bond acceptors (Lipinski definition) is 5. The van der Waals surface area contributed by atoms with E-state index in [4.69, 9.17) is 4.74 Å². The number of benzene rings is 2. The minimum atomic E-state index is -0.227. The summed E-state index contributed by atoms with van der Waals surface area (Å²) in [6.07, 6.45) is 7.11. The van der Waals surface area contributed by atoms with Crippen molar-refractivity contribution in [3.05, 3.63) is 95.8 Å². The largest absolute Gasteiger partial charge is 0.496 e. The molecule has 0 saturated carbocycles. The van der Waals surface area contributed by atoms with Gasteiger partial charge in [-0.1, -0.05) is 48.5 Å². The van der Waals surface area contributed by atoms with Crippen molar-refractivity contribution in [3.8, 4) is 5.75 Å². The van der Waals surface area contributed by atoms with Gasteiger partial charge in [-0.3, -0.25) is 14.6 Å². The predicted octanol–water partition coefficient (Wildman–Crippen LogP) is 5.31. The molecule has 2 aliphatic rings. The SMILES string of the molecule is COc1ccccc1C(=O)NC(CCN1CCC2(CC1)CCN(Cc1cccnc1)C2=O)c1ccccc1.Cl.Cl. The van der Waals surface area contributed by atoms with Crippen LogP contribution in [0.2, 0.25) is 0 Å². The lowest BCUT2D eigenvalue weighted by Crippen LogP contribution is -2.45. The van der Waals surface area contributed by atoms with Crippen LogP contribution in [0.3, 0.4) is 0 Å². The van der Waals surface area contributed by atoms with Gasteiger partial charge in [-0.2, -0.15) is 0 Å². The quantitative estimate of drug-likeness (QED) is 0.369. The molecule has 0 radical (unpaired) electrons. The van der Waals surface area contributed by atoms with Gasteiger partial charge >= 0.3 is 0 Å². The van der Waals surface area contributed by atoms with E-state index in [9.17, 15) is 9.59 Å². The summed E-state index contributed by atoms with van der Waals surface area (Å²) >= 11 is 0. The number of likely N-dealkylation sites (tertiary alicyclic amines) is 2. The molecular weight excluding hydrogens is 547 g/mol. The molecule has 1 N–H and O–H groups in total. The highest BCUT2D eigenvalue weighted by molar-refractivity contribution is 5.97. The smallest absolute Gasteiger partial charge is 0.255 e. The molecule has 9 heteroatoms. The number of nitrogens with one attached hydrogen (secondary N) is 1. The van der Waals surface area contributed by atoms with Crippen LogP contribution < -0.4 is 10.1 Å². The van der Waals surface area contributed by atoms with Crippen molar-refractivity contribution >= 4 is 36.6 Å². The zero-order chi connectivity index (χ0) is 26.4. The Labute approximate surface area is 249 Å². The maximum atomic E-state index is 13.4. The lowest BCUT2D eigenvalue weighted by molar-refractivity contribution is -0.138. The van der Waals surface area contributed by atoms with Crippen molar-refractivity contribution < 1.29 is 14.3 Å². The molecule has 1 unspecified atom stereocenters. The Bertz CT molecular complexity index is 1240. The third kappa shape index (κ3) is 7.14. The Hall–Kier alpha value is -3.13. The average molecular weight is 586 g/mol. The first-order chi connectivity index (χ1) is 18.6. The standard InChI is InChI=1S/C31H36N4O3.2ClH/c1-38-28-12-6-5-11-26(28)29(36)33-27(25-9-3-2-4-10-25)13-18-34-19-14-31(15-20-34)16-21-35(30(31)37)23-24-8-7-17-32-22-24;;/h2-12,17,22,27H,13-16,18-21,23H2,1H3,(H,33,36);2*1H. The number of halogens is 2. The van der Waals surface area contributed by atoms with E-state index in [2.05, 4.69) is 27.3 Å². The molecule has 214 valence electrons. The summed E-state index contributed by atoms with van der Waals surface area (Å²) in [5.41, 5.74) is 2.47. The van der Waals surface area contributed by atoms with Crippen LogP contribution in [-0.4, -0.2) is 59.9 Å². The summed E-state index contributed by atoms with van der Waals surface area (Å²) < 4.78 is 5.40. The minimum absolute atomic E-state index is 0. The minimum Gasteiger partial charge on any atom is -0.496 e. The molecule has 2 saturated heterocycles. The molecule has 2 amide bonds. The maximum Gasteiger partial charge on any atom is 0.255 e. The van der Waals surface area contributed by atoms with Crippen LogP contribution in [0.5, 0.6) is 5.75 Å². The number of carbonyl (C=O) groups is 2. The van der Waals surface area contributed by atoms with Gasteiger partial charge in [-0.15, -0.1) is 24.8 Å².